The predicted octanol–water partition coefficient (Wildman–Crippen LogP) is 1.07. The standard InChI is InChI=1S/C16H22N4O2S/c1-18-7-4-8-20(10-9-18)14(21)11-13-16(22)19(2)12-5-3-6-17-15(12)23-13/h3,5-6,13H,4,7-11H2,1-2H3. The van der Waals surface area contributed by atoms with Gasteiger partial charge in [-0.3, -0.25) is 9.59 Å². The molecule has 2 amide bonds. The van der Waals surface area contributed by atoms with Crippen molar-refractivity contribution < 1.29 is 9.59 Å². The van der Waals surface area contributed by atoms with E-state index in [2.05, 4.69) is 16.9 Å². The van der Waals surface area contributed by atoms with Crippen molar-refractivity contribution in [2.45, 2.75) is 23.1 Å². The normalized spacial score (nSPS) is 22.7. The van der Waals surface area contributed by atoms with Gasteiger partial charge >= 0.3 is 0 Å². The first kappa shape index (κ1) is 16.3. The number of carbonyl (C=O) groups excluding carboxylic acids is 2. The zero-order chi connectivity index (χ0) is 16.4. The monoisotopic (exact) mass is 334 g/mol. The number of thioether (sulfide) groups is 1. The van der Waals surface area contributed by atoms with Crippen LogP contribution in [0.25, 0.3) is 0 Å². The molecule has 1 saturated heterocycles. The van der Waals surface area contributed by atoms with Crippen LogP contribution in [0.5, 0.6) is 0 Å². The number of aromatic nitrogens is 1. The number of anilines is 1. The fourth-order valence-corrected chi connectivity index (χ4v) is 4.16. The van der Waals surface area contributed by atoms with Gasteiger partial charge in [0.25, 0.3) is 0 Å². The van der Waals surface area contributed by atoms with Gasteiger partial charge in [0.1, 0.15) is 5.03 Å². The zero-order valence-corrected chi connectivity index (χ0v) is 14.4. The summed E-state index contributed by atoms with van der Waals surface area (Å²) < 4.78 is 0. The van der Waals surface area contributed by atoms with E-state index in [1.165, 1.54) is 11.8 Å². The van der Waals surface area contributed by atoms with Gasteiger partial charge in [0, 0.05) is 39.3 Å². The molecule has 1 aromatic rings. The van der Waals surface area contributed by atoms with E-state index < -0.39 is 0 Å². The maximum atomic E-state index is 12.6. The Kier molecular flexibility index (Phi) is 4.87. The largest absolute Gasteiger partial charge is 0.341 e. The smallest absolute Gasteiger partial charge is 0.240 e. The van der Waals surface area contributed by atoms with Crippen molar-refractivity contribution in [2.75, 3.05) is 45.2 Å². The van der Waals surface area contributed by atoms with Gasteiger partial charge in [0.2, 0.25) is 11.8 Å². The Labute approximate surface area is 140 Å². The number of pyridine rings is 1. The quantitative estimate of drug-likeness (QED) is 0.810. The first-order valence-corrected chi connectivity index (χ1v) is 8.80. The summed E-state index contributed by atoms with van der Waals surface area (Å²) in [5, 5.41) is 0.443. The molecule has 1 unspecified atom stereocenters. The molecule has 23 heavy (non-hydrogen) atoms. The molecule has 3 heterocycles. The van der Waals surface area contributed by atoms with Crippen LogP contribution in [0, 0.1) is 0 Å². The summed E-state index contributed by atoms with van der Waals surface area (Å²) >= 11 is 1.41. The Balaban J connectivity index is 1.68. The highest BCUT2D eigenvalue weighted by Gasteiger charge is 2.34. The number of carbonyl (C=O) groups is 2. The van der Waals surface area contributed by atoms with E-state index >= 15 is 0 Å². The van der Waals surface area contributed by atoms with Crippen molar-refractivity contribution in [2.24, 2.45) is 0 Å². The van der Waals surface area contributed by atoms with Gasteiger partial charge in [-0.05, 0) is 32.1 Å². The van der Waals surface area contributed by atoms with Crippen molar-refractivity contribution in [3.8, 4) is 0 Å². The maximum absolute atomic E-state index is 12.6. The van der Waals surface area contributed by atoms with Crippen molar-refractivity contribution in [3.63, 3.8) is 0 Å². The van der Waals surface area contributed by atoms with Crippen LogP contribution >= 0.6 is 11.8 Å². The van der Waals surface area contributed by atoms with Gasteiger partial charge in [-0.15, -0.1) is 0 Å². The predicted molar refractivity (Wildman–Crippen MR) is 90.6 cm³/mol. The minimum absolute atomic E-state index is 0.0178. The number of amides is 2. The molecule has 0 bridgehead atoms. The van der Waals surface area contributed by atoms with Crippen molar-refractivity contribution >= 4 is 29.3 Å². The fourth-order valence-electron chi connectivity index (χ4n) is 2.96. The highest BCUT2D eigenvalue weighted by Crippen LogP contribution is 2.38. The molecule has 0 spiro atoms. The van der Waals surface area contributed by atoms with Gasteiger partial charge in [0.05, 0.1) is 10.9 Å². The van der Waals surface area contributed by atoms with Crippen LogP contribution in [0.4, 0.5) is 5.69 Å². The van der Waals surface area contributed by atoms with Crippen LogP contribution in [0.2, 0.25) is 0 Å². The highest BCUT2D eigenvalue weighted by atomic mass is 32.2. The van der Waals surface area contributed by atoms with Gasteiger partial charge in [0.15, 0.2) is 0 Å². The molecule has 1 atom stereocenters. The molecule has 6 nitrogen and oxygen atoms in total. The summed E-state index contributed by atoms with van der Waals surface area (Å²) in [6.45, 7) is 3.42. The molecule has 7 heteroatoms. The summed E-state index contributed by atoms with van der Waals surface area (Å²) in [6.07, 6.45) is 2.95. The number of rotatable bonds is 2. The number of fused-ring (bicyclic) bond motifs is 1. The number of likely N-dealkylation sites (N-methyl/N-ethyl adjacent to an activating group) is 1. The minimum Gasteiger partial charge on any atom is -0.341 e. The average Bonchev–Trinajstić information content (AvgIpc) is 2.77. The molecule has 0 aliphatic carbocycles. The van der Waals surface area contributed by atoms with Crippen molar-refractivity contribution in [1.82, 2.24) is 14.8 Å². The average molecular weight is 334 g/mol. The van der Waals surface area contributed by atoms with Gasteiger partial charge in [-0.1, -0.05) is 11.8 Å². The van der Waals surface area contributed by atoms with E-state index in [0.29, 0.717) is 0 Å². The molecule has 1 fully saturated rings. The van der Waals surface area contributed by atoms with E-state index in [1.807, 2.05) is 17.0 Å². The lowest BCUT2D eigenvalue weighted by Gasteiger charge is -2.31. The summed E-state index contributed by atoms with van der Waals surface area (Å²) in [5.74, 6) is 0.0507. The van der Waals surface area contributed by atoms with Gasteiger partial charge in [-0.25, -0.2) is 4.98 Å². The Morgan fingerprint density at radius 3 is 2.96 bits per heavy atom. The summed E-state index contributed by atoms with van der Waals surface area (Å²) in [7, 11) is 3.83. The molecule has 0 aromatic carbocycles. The minimum atomic E-state index is -0.379. The maximum Gasteiger partial charge on any atom is 0.240 e. The van der Waals surface area contributed by atoms with E-state index in [4.69, 9.17) is 0 Å². The van der Waals surface area contributed by atoms with Crippen LogP contribution < -0.4 is 4.90 Å². The topological polar surface area (TPSA) is 56.8 Å². The Morgan fingerprint density at radius 2 is 2.13 bits per heavy atom. The lowest BCUT2D eigenvalue weighted by Crippen LogP contribution is -2.42. The summed E-state index contributed by atoms with van der Waals surface area (Å²) in [6, 6.07) is 3.71. The Bertz CT molecular complexity index is 609. The van der Waals surface area contributed by atoms with E-state index in [0.717, 1.165) is 43.3 Å². The molecular formula is C16H22N4O2S. The fraction of sp³-hybridized carbons (Fsp3) is 0.562. The summed E-state index contributed by atoms with van der Waals surface area (Å²) in [5.41, 5.74) is 0.822. The Morgan fingerprint density at radius 1 is 1.30 bits per heavy atom. The van der Waals surface area contributed by atoms with E-state index in [1.54, 1.807) is 18.1 Å². The molecule has 2 aliphatic heterocycles. The van der Waals surface area contributed by atoms with Crippen molar-refractivity contribution in [3.05, 3.63) is 18.3 Å². The number of hydrogen-bond acceptors (Lipinski definition) is 5. The SMILES string of the molecule is CN1CCCN(C(=O)CC2Sc3ncccc3N(C)C2=O)CC1. The third-order valence-electron chi connectivity index (χ3n) is 4.40. The first-order valence-electron chi connectivity index (χ1n) is 7.92. The Hall–Kier alpha value is -1.60. The lowest BCUT2D eigenvalue weighted by atomic mass is 10.2. The molecule has 0 radical (unpaired) electrons. The highest BCUT2D eigenvalue weighted by molar-refractivity contribution is 8.00. The number of hydrogen-bond donors (Lipinski definition) is 0. The van der Waals surface area contributed by atoms with Crippen LogP contribution in [0.3, 0.4) is 0 Å². The second-order valence-electron chi connectivity index (χ2n) is 6.07. The first-order chi connectivity index (χ1) is 11.1. The van der Waals surface area contributed by atoms with Crippen LogP contribution in [-0.4, -0.2) is 72.1 Å². The molecule has 1 aromatic heterocycles. The zero-order valence-electron chi connectivity index (χ0n) is 13.6. The molecule has 2 aliphatic rings. The molecule has 0 N–H and O–H groups in total. The lowest BCUT2D eigenvalue weighted by molar-refractivity contribution is -0.132. The van der Waals surface area contributed by atoms with E-state index in [-0.39, 0.29) is 23.5 Å². The third kappa shape index (κ3) is 3.50. The van der Waals surface area contributed by atoms with E-state index in [9.17, 15) is 9.59 Å². The third-order valence-corrected chi connectivity index (χ3v) is 5.60. The second kappa shape index (κ2) is 6.88. The van der Waals surface area contributed by atoms with Crippen LogP contribution in [0.15, 0.2) is 23.4 Å². The second-order valence-corrected chi connectivity index (χ2v) is 7.26. The number of nitrogens with zero attached hydrogens (tertiary/aromatic N) is 4. The van der Waals surface area contributed by atoms with Crippen LogP contribution in [-0.2, 0) is 9.59 Å². The summed E-state index contributed by atoms with van der Waals surface area (Å²) in [4.78, 5) is 35.2. The molecule has 124 valence electrons. The molecular weight excluding hydrogens is 312 g/mol. The van der Waals surface area contributed by atoms with Gasteiger partial charge in [-0.2, -0.15) is 0 Å². The van der Waals surface area contributed by atoms with Crippen molar-refractivity contribution in [1.29, 1.82) is 0 Å². The molecule has 0 saturated carbocycles. The van der Waals surface area contributed by atoms with Crippen LogP contribution in [0.1, 0.15) is 12.8 Å². The molecule has 3 rings (SSSR count). The van der Waals surface area contributed by atoms with Gasteiger partial charge < -0.3 is 14.7 Å².